The lowest BCUT2D eigenvalue weighted by molar-refractivity contribution is -0.178. The van der Waals surface area contributed by atoms with E-state index in [-0.39, 0.29) is 38.6 Å². The molecule has 2 unspecified atom stereocenters. The Morgan fingerprint density at radius 2 is 1.30 bits per heavy atom. The summed E-state index contributed by atoms with van der Waals surface area (Å²) in [7, 11) is 1.18. The average Bonchev–Trinajstić information content (AvgIpc) is 3.07. The van der Waals surface area contributed by atoms with Crippen molar-refractivity contribution in [3.63, 3.8) is 0 Å². The molecule has 240 valence electrons. The first-order valence-electron chi connectivity index (χ1n) is 14.5. The van der Waals surface area contributed by atoms with Gasteiger partial charge in [-0.25, -0.2) is 24.1 Å². The zero-order valence-corrected chi connectivity index (χ0v) is 25.4. The van der Waals surface area contributed by atoms with Crippen LogP contribution in [-0.2, 0) is 37.0 Å². The highest BCUT2D eigenvalue weighted by Crippen LogP contribution is 2.44. The monoisotopic (exact) mass is 629 g/mol. The van der Waals surface area contributed by atoms with Crippen LogP contribution in [0.4, 0.5) is 20.1 Å². The summed E-state index contributed by atoms with van der Waals surface area (Å²) in [4.78, 5) is 69.0. The molecule has 1 heterocycles. The first-order chi connectivity index (χ1) is 22.2. The Morgan fingerprint density at radius 1 is 0.804 bits per heavy atom. The third-order valence-corrected chi connectivity index (χ3v) is 7.23. The number of rotatable bonds is 10. The highest BCUT2D eigenvalue weighted by molar-refractivity contribution is 6.13. The Hall–Kier alpha value is -5.72. The lowest BCUT2D eigenvalue weighted by atomic mass is 9.69. The number of hydrogen-bond donors (Lipinski definition) is 3. The molecule has 0 saturated carbocycles. The van der Waals surface area contributed by atoms with Crippen molar-refractivity contribution >= 4 is 41.7 Å². The molecule has 0 aliphatic carbocycles. The first kappa shape index (κ1) is 33.2. The Kier molecular flexibility index (Phi) is 11.4. The first-order valence-corrected chi connectivity index (χ1v) is 14.5. The molecule has 5 amide bonds. The van der Waals surface area contributed by atoms with Crippen molar-refractivity contribution in [1.82, 2.24) is 15.5 Å². The molecule has 2 atom stereocenters. The molecule has 13 heteroatoms. The number of amides is 5. The van der Waals surface area contributed by atoms with Gasteiger partial charge < -0.3 is 19.5 Å². The summed E-state index contributed by atoms with van der Waals surface area (Å²) in [6.07, 6.45) is -1.33. The van der Waals surface area contributed by atoms with Crippen LogP contribution in [0.25, 0.3) is 0 Å². The summed E-state index contributed by atoms with van der Waals surface area (Å²) < 4.78 is 15.4. The number of anilines is 1. The molecule has 0 aromatic heterocycles. The number of ether oxygens (including phenoxy) is 3. The topological polar surface area (TPSA) is 165 Å². The molecule has 3 aromatic rings. The van der Waals surface area contributed by atoms with Crippen LogP contribution in [0.2, 0.25) is 0 Å². The molecular weight excluding hydrogens is 594 g/mol. The molecule has 46 heavy (non-hydrogen) atoms. The number of likely N-dealkylation sites (tertiary alicyclic amines) is 1. The molecule has 0 spiro atoms. The van der Waals surface area contributed by atoms with Crippen molar-refractivity contribution in [1.29, 1.82) is 0 Å². The Bertz CT molecular complexity index is 1490. The van der Waals surface area contributed by atoms with E-state index in [1.807, 2.05) is 12.1 Å². The molecule has 13 nitrogen and oxygen atoms in total. The SMILES string of the molecule is COC(=O)C1N(C(=O)Nc2ccccc2)C(=O)C1(C)CCCN=C(NC(=O)OCc1ccccc1)NC(=O)OCc1ccccc1. The van der Waals surface area contributed by atoms with Crippen molar-refractivity contribution in [3.05, 3.63) is 102 Å². The zero-order valence-electron chi connectivity index (χ0n) is 25.4. The molecule has 3 N–H and O–H groups in total. The number of nitrogens with zero attached hydrogens (tertiary/aromatic N) is 2. The number of urea groups is 1. The number of alkyl carbamates (subject to hydrolysis) is 2. The highest BCUT2D eigenvalue weighted by Gasteiger charge is 2.63. The third kappa shape index (κ3) is 8.68. The van der Waals surface area contributed by atoms with Crippen molar-refractivity contribution in [3.8, 4) is 0 Å². The second kappa shape index (κ2) is 15.8. The second-order valence-electron chi connectivity index (χ2n) is 10.5. The van der Waals surface area contributed by atoms with Gasteiger partial charge in [0.15, 0.2) is 6.04 Å². The number of guanidine groups is 1. The minimum Gasteiger partial charge on any atom is -0.467 e. The minimum absolute atomic E-state index is 0.0118. The van der Waals surface area contributed by atoms with E-state index in [1.165, 1.54) is 7.11 Å². The second-order valence-corrected chi connectivity index (χ2v) is 10.5. The van der Waals surface area contributed by atoms with Crippen molar-refractivity contribution < 1.29 is 38.2 Å². The van der Waals surface area contributed by atoms with Crippen molar-refractivity contribution in [2.45, 2.75) is 39.0 Å². The number of methoxy groups -OCH3 is 1. The van der Waals surface area contributed by atoms with Crippen LogP contribution in [-0.4, -0.2) is 60.6 Å². The maximum absolute atomic E-state index is 13.2. The molecule has 4 rings (SSSR count). The van der Waals surface area contributed by atoms with Gasteiger partial charge in [-0.3, -0.25) is 20.4 Å². The van der Waals surface area contributed by atoms with E-state index < -0.39 is 41.6 Å². The zero-order chi connectivity index (χ0) is 32.9. The van der Waals surface area contributed by atoms with E-state index in [4.69, 9.17) is 14.2 Å². The van der Waals surface area contributed by atoms with E-state index in [0.29, 0.717) is 5.69 Å². The number of nitrogens with one attached hydrogen (secondary N) is 3. The lowest BCUT2D eigenvalue weighted by Crippen LogP contribution is -2.73. The summed E-state index contributed by atoms with van der Waals surface area (Å²) in [5, 5.41) is 7.43. The van der Waals surface area contributed by atoms with Crippen LogP contribution < -0.4 is 16.0 Å². The van der Waals surface area contributed by atoms with Gasteiger partial charge in [0.05, 0.1) is 12.5 Å². The lowest BCUT2D eigenvalue weighted by Gasteiger charge is -2.51. The summed E-state index contributed by atoms with van der Waals surface area (Å²) in [6, 6.07) is 24.7. The van der Waals surface area contributed by atoms with Crippen molar-refractivity contribution in [2.24, 2.45) is 10.4 Å². The number of hydrogen-bond acceptors (Lipinski definition) is 9. The third-order valence-electron chi connectivity index (χ3n) is 7.23. The molecule has 1 aliphatic rings. The van der Waals surface area contributed by atoms with Crippen molar-refractivity contribution in [2.75, 3.05) is 19.0 Å². The van der Waals surface area contributed by atoms with E-state index >= 15 is 0 Å². The fourth-order valence-electron chi connectivity index (χ4n) is 4.82. The molecule has 1 aliphatic heterocycles. The smallest absolute Gasteiger partial charge is 0.414 e. The van der Waals surface area contributed by atoms with Gasteiger partial charge in [-0.15, -0.1) is 0 Å². The standard InChI is InChI=1S/C33H35N5O8/c1-33(26(27(39)44-2)38(28(33)40)30(41)35-25-17-10-5-11-18-25)19-12-20-34-29(36-31(42)45-21-23-13-6-3-7-14-23)37-32(43)46-22-24-15-8-4-9-16-24/h3-11,13-18,26H,12,19-22H2,1-2H3,(H,35,41)(H2,34,36,37,42,43). The largest absolute Gasteiger partial charge is 0.467 e. The van der Waals surface area contributed by atoms with Crippen LogP contribution in [0.15, 0.2) is 96.0 Å². The van der Waals surface area contributed by atoms with Gasteiger partial charge in [0.2, 0.25) is 11.9 Å². The molecule has 1 saturated heterocycles. The van der Waals surface area contributed by atoms with Gasteiger partial charge in [-0.05, 0) is 43.0 Å². The number of aliphatic imine (C=N–C) groups is 1. The van der Waals surface area contributed by atoms with Gasteiger partial charge in [0.1, 0.15) is 13.2 Å². The van der Waals surface area contributed by atoms with Gasteiger partial charge in [0.25, 0.3) is 0 Å². The average molecular weight is 630 g/mol. The quantitative estimate of drug-likeness (QED) is 0.0731. The van der Waals surface area contributed by atoms with Crippen LogP contribution >= 0.6 is 0 Å². The number of carbonyl (C=O) groups is 5. The van der Waals surface area contributed by atoms with Gasteiger partial charge in [-0.2, -0.15) is 0 Å². The maximum atomic E-state index is 13.2. The fourth-order valence-corrected chi connectivity index (χ4v) is 4.82. The number of imide groups is 1. The Morgan fingerprint density at radius 3 is 1.80 bits per heavy atom. The normalized spacial score (nSPS) is 16.7. The number of carbonyl (C=O) groups excluding carboxylic acids is 5. The van der Waals surface area contributed by atoms with E-state index in [2.05, 4.69) is 20.9 Å². The summed E-state index contributed by atoms with van der Waals surface area (Å²) in [5.41, 5.74) is 0.734. The molecule has 0 radical (unpaired) electrons. The van der Waals surface area contributed by atoms with Crippen LogP contribution in [0.1, 0.15) is 30.9 Å². The van der Waals surface area contributed by atoms with Crippen LogP contribution in [0, 0.1) is 5.41 Å². The Labute approximate surface area is 265 Å². The predicted octanol–water partition coefficient (Wildman–Crippen LogP) is 4.60. The number of β-lactam (4-membered cyclic amide) rings is 1. The number of para-hydroxylation sites is 1. The van der Waals surface area contributed by atoms with Gasteiger partial charge in [0, 0.05) is 12.2 Å². The summed E-state index contributed by atoms with van der Waals surface area (Å²) in [6.45, 7) is 1.58. The van der Waals surface area contributed by atoms with E-state index in [0.717, 1.165) is 16.0 Å². The summed E-state index contributed by atoms with van der Waals surface area (Å²) in [5.74, 6) is -1.51. The molecule has 3 aromatic carbocycles. The summed E-state index contributed by atoms with van der Waals surface area (Å²) >= 11 is 0. The molecule has 0 bridgehead atoms. The molecule has 1 fully saturated rings. The highest BCUT2D eigenvalue weighted by atomic mass is 16.6. The maximum Gasteiger partial charge on any atom is 0.414 e. The van der Waals surface area contributed by atoms with Gasteiger partial charge in [-0.1, -0.05) is 78.9 Å². The van der Waals surface area contributed by atoms with Gasteiger partial charge >= 0.3 is 24.2 Å². The van der Waals surface area contributed by atoms with E-state index in [9.17, 15) is 24.0 Å². The molecular formula is C33H35N5O8. The predicted molar refractivity (Wildman–Crippen MR) is 167 cm³/mol. The Balaban J connectivity index is 1.38. The van der Waals surface area contributed by atoms with Crippen LogP contribution in [0.3, 0.4) is 0 Å². The minimum atomic E-state index is -1.25. The van der Waals surface area contributed by atoms with E-state index in [1.54, 1.807) is 85.8 Å². The number of benzene rings is 3. The van der Waals surface area contributed by atoms with Crippen LogP contribution in [0.5, 0.6) is 0 Å². The fraction of sp³-hybridized carbons (Fsp3) is 0.273. The number of esters is 1.